The zero-order valence-corrected chi connectivity index (χ0v) is 12.0. The number of carbonyl (C=O) groups excluding carboxylic acids is 1. The third kappa shape index (κ3) is 3.42. The van der Waals surface area contributed by atoms with E-state index < -0.39 is 0 Å². The predicted octanol–water partition coefficient (Wildman–Crippen LogP) is 0.0335. The molecule has 1 atom stereocenters. The van der Waals surface area contributed by atoms with Gasteiger partial charge in [0.2, 0.25) is 5.91 Å². The quantitative estimate of drug-likeness (QED) is 0.531. The molecule has 0 bridgehead atoms. The highest BCUT2D eigenvalue weighted by atomic mass is 32.2. The first kappa shape index (κ1) is 14.1. The monoisotopic (exact) mass is 309 g/mol. The first-order chi connectivity index (χ1) is 10.2. The van der Waals surface area contributed by atoms with Crippen molar-refractivity contribution in [1.29, 1.82) is 0 Å². The number of rotatable bonds is 5. The SMILES string of the molecule is O=C(CSc1nc2nc[nH]c2c(=O)[nH]1)NCC1CCCO1. The number of nitrogens with one attached hydrogen (secondary N) is 3. The molecule has 21 heavy (non-hydrogen) atoms. The van der Waals surface area contributed by atoms with Crippen LogP contribution in [0.4, 0.5) is 0 Å². The van der Waals surface area contributed by atoms with Crippen LogP contribution in [0, 0.1) is 0 Å². The van der Waals surface area contributed by atoms with Gasteiger partial charge in [-0.3, -0.25) is 14.6 Å². The number of aromatic nitrogens is 4. The topological polar surface area (TPSA) is 113 Å². The number of aromatic amines is 2. The lowest BCUT2D eigenvalue weighted by atomic mass is 10.2. The van der Waals surface area contributed by atoms with E-state index in [-0.39, 0.29) is 23.3 Å². The Morgan fingerprint density at radius 2 is 2.48 bits per heavy atom. The van der Waals surface area contributed by atoms with Gasteiger partial charge in [-0.1, -0.05) is 11.8 Å². The standard InChI is InChI=1S/C12H15N5O3S/c18-8(13-4-7-2-1-3-20-7)5-21-12-16-10-9(11(19)17-12)14-6-15-10/h6-7H,1-5H2,(H,13,18)(H2,14,15,16,17,19). The normalized spacial score (nSPS) is 18.2. The fraction of sp³-hybridized carbons (Fsp3) is 0.500. The number of fused-ring (bicyclic) bond motifs is 1. The summed E-state index contributed by atoms with van der Waals surface area (Å²) in [6.45, 7) is 1.30. The molecular weight excluding hydrogens is 294 g/mol. The highest BCUT2D eigenvalue weighted by Gasteiger charge is 2.16. The molecule has 0 radical (unpaired) electrons. The molecular formula is C12H15N5O3S. The minimum atomic E-state index is -0.292. The van der Waals surface area contributed by atoms with Crippen LogP contribution >= 0.6 is 11.8 Å². The van der Waals surface area contributed by atoms with E-state index in [9.17, 15) is 9.59 Å². The van der Waals surface area contributed by atoms with E-state index in [0.29, 0.717) is 22.9 Å². The maximum Gasteiger partial charge on any atom is 0.277 e. The van der Waals surface area contributed by atoms with Gasteiger partial charge in [0.15, 0.2) is 16.3 Å². The molecule has 1 aliphatic heterocycles. The Hall–Kier alpha value is -1.87. The number of hydrogen-bond donors (Lipinski definition) is 3. The van der Waals surface area contributed by atoms with Gasteiger partial charge in [-0.2, -0.15) is 0 Å². The van der Waals surface area contributed by atoms with Crippen molar-refractivity contribution in [1.82, 2.24) is 25.3 Å². The largest absolute Gasteiger partial charge is 0.376 e. The second-order valence-corrected chi connectivity index (χ2v) is 5.66. The molecule has 1 fully saturated rings. The number of thioether (sulfide) groups is 1. The number of H-pyrrole nitrogens is 2. The molecule has 3 rings (SSSR count). The van der Waals surface area contributed by atoms with Gasteiger partial charge in [0.05, 0.1) is 18.2 Å². The molecule has 0 spiro atoms. The van der Waals surface area contributed by atoms with Crippen LogP contribution in [-0.2, 0) is 9.53 Å². The van der Waals surface area contributed by atoms with Crippen molar-refractivity contribution in [3.05, 3.63) is 16.7 Å². The molecule has 2 aromatic rings. The van der Waals surface area contributed by atoms with E-state index in [1.165, 1.54) is 18.1 Å². The molecule has 0 aliphatic carbocycles. The average Bonchev–Trinajstić information content (AvgIpc) is 3.14. The van der Waals surface area contributed by atoms with Gasteiger partial charge in [-0.15, -0.1) is 0 Å². The van der Waals surface area contributed by atoms with E-state index in [4.69, 9.17) is 4.74 Å². The molecule has 3 heterocycles. The third-order valence-corrected chi connectivity index (χ3v) is 4.04. The van der Waals surface area contributed by atoms with Crippen molar-refractivity contribution in [2.24, 2.45) is 0 Å². The summed E-state index contributed by atoms with van der Waals surface area (Å²) in [5.41, 5.74) is 0.392. The van der Waals surface area contributed by atoms with Gasteiger partial charge in [0.1, 0.15) is 0 Å². The summed E-state index contributed by atoms with van der Waals surface area (Å²) in [7, 11) is 0. The summed E-state index contributed by atoms with van der Waals surface area (Å²) in [6.07, 6.45) is 3.56. The highest BCUT2D eigenvalue weighted by molar-refractivity contribution is 7.99. The summed E-state index contributed by atoms with van der Waals surface area (Å²) in [5, 5.41) is 3.20. The lowest BCUT2D eigenvalue weighted by Crippen LogP contribution is -2.33. The summed E-state index contributed by atoms with van der Waals surface area (Å²) < 4.78 is 5.43. The Morgan fingerprint density at radius 1 is 1.57 bits per heavy atom. The van der Waals surface area contributed by atoms with Crippen LogP contribution in [0.25, 0.3) is 11.2 Å². The van der Waals surface area contributed by atoms with Crippen LogP contribution in [-0.4, -0.2) is 50.9 Å². The summed E-state index contributed by atoms with van der Waals surface area (Å²) >= 11 is 1.17. The molecule has 2 aromatic heterocycles. The Morgan fingerprint density at radius 3 is 3.29 bits per heavy atom. The van der Waals surface area contributed by atoms with Crippen molar-refractivity contribution >= 4 is 28.8 Å². The Balaban J connectivity index is 1.53. The van der Waals surface area contributed by atoms with Gasteiger partial charge < -0.3 is 15.0 Å². The van der Waals surface area contributed by atoms with Crippen LogP contribution in [0.2, 0.25) is 0 Å². The lowest BCUT2D eigenvalue weighted by Gasteiger charge is -2.10. The smallest absolute Gasteiger partial charge is 0.277 e. The maximum atomic E-state index is 11.7. The summed E-state index contributed by atoms with van der Waals surface area (Å²) in [6, 6.07) is 0. The van der Waals surface area contributed by atoms with Crippen LogP contribution in [0.15, 0.2) is 16.3 Å². The second-order valence-electron chi connectivity index (χ2n) is 4.70. The Bertz CT molecular complexity index is 692. The van der Waals surface area contributed by atoms with E-state index in [0.717, 1.165) is 19.4 Å². The average molecular weight is 309 g/mol. The fourth-order valence-electron chi connectivity index (χ4n) is 2.11. The van der Waals surface area contributed by atoms with Gasteiger partial charge in [0.25, 0.3) is 5.56 Å². The van der Waals surface area contributed by atoms with Crippen molar-refractivity contribution < 1.29 is 9.53 Å². The number of amides is 1. The number of hydrogen-bond acceptors (Lipinski definition) is 6. The van der Waals surface area contributed by atoms with Crippen molar-refractivity contribution in [3.63, 3.8) is 0 Å². The number of nitrogens with zero attached hydrogens (tertiary/aromatic N) is 2. The van der Waals surface area contributed by atoms with Gasteiger partial charge in [-0.05, 0) is 12.8 Å². The molecule has 1 amide bonds. The van der Waals surface area contributed by atoms with Crippen LogP contribution in [0.5, 0.6) is 0 Å². The van der Waals surface area contributed by atoms with Gasteiger partial charge >= 0.3 is 0 Å². The van der Waals surface area contributed by atoms with E-state index in [1.807, 2.05) is 0 Å². The molecule has 3 N–H and O–H groups in total. The van der Waals surface area contributed by atoms with Gasteiger partial charge in [0, 0.05) is 13.2 Å². The first-order valence-electron chi connectivity index (χ1n) is 6.67. The molecule has 9 heteroatoms. The maximum absolute atomic E-state index is 11.7. The highest BCUT2D eigenvalue weighted by Crippen LogP contribution is 2.13. The zero-order chi connectivity index (χ0) is 14.7. The third-order valence-electron chi connectivity index (χ3n) is 3.17. The van der Waals surface area contributed by atoms with E-state index in [1.54, 1.807) is 0 Å². The minimum absolute atomic E-state index is 0.111. The lowest BCUT2D eigenvalue weighted by molar-refractivity contribution is -0.119. The van der Waals surface area contributed by atoms with Crippen LogP contribution < -0.4 is 10.9 Å². The van der Waals surface area contributed by atoms with E-state index >= 15 is 0 Å². The second kappa shape index (κ2) is 6.27. The van der Waals surface area contributed by atoms with Crippen molar-refractivity contribution in [2.75, 3.05) is 18.9 Å². The molecule has 0 aromatic carbocycles. The molecule has 112 valence electrons. The van der Waals surface area contributed by atoms with Crippen molar-refractivity contribution in [2.45, 2.75) is 24.1 Å². The van der Waals surface area contributed by atoms with E-state index in [2.05, 4.69) is 25.3 Å². The van der Waals surface area contributed by atoms with Gasteiger partial charge in [-0.25, -0.2) is 9.97 Å². The zero-order valence-electron chi connectivity index (χ0n) is 11.2. The fourth-order valence-corrected chi connectivity index (χ4v) is 2.79. The number of imidazole rings is 1. The summed E-state index contributed by atoms with van der Waals surface area (Å²) in [4.78, 5) is 36.9. The molecule has 0 saturated carbocycles. The molecule has 8 nitrogen and oxygen atoms in total. The molecule has 1 saturated heterocycles. The van der Waals surface area contributed by atoms with Crippen LogP contribution in [0.3, 0.4) is 0 Å². The Labute approximate surface area is 124 Å². The number of carbonyl (C=O) groups is 1. The predicted molar refractivity (Wildman–Crippen MR) is 77.2 cm³/mol. The minimum Gasteiger partial charge on any atom is -0.376 e. The summed E-state index contributed by atoms with van der Waals surface area (Å²) in [5.74, 6) is 0.0752. The Kier molecular flexibility index (Phi) is 4.20. The first-order valence-corrected chi connectivity index (χ1v) is 7.65. The number of ether oxygens (including phenoxy) is 1. The molecule has 1 unspecified atom stereocenters. The van der Waals surface area contributed by atoms with Crippen molar-refractivity contribution in [3.8, 4) is 0 Å². The van der Waals surface area contributed by atoms with Crippen LogP contribution in [0.1, 0.15) is 12.8 Å². The molecule has 1 aliphatic rings.